The van der Waals surface area contributed by atoms with Crippen molar-refractivity contribution in [3.63, 3.8) is 0 Å². The lowest BCUT2D eigenvalue weighted by molar-refractivity contribution is -0.157. The highest BCUT2D eigenvalue weighted by Gasteiger charge is 2.37. The molecule has 0 amide bonds. The van der Waals surface area contributed by atoms with Crippen molar-refractivity contribution in [3.8, 4) is 11.5 Å². The Morgan fingerprint density at radius 1 is 1.29 bits per heavy atom. The lowest BCUT2D eigenvalue weighted by Gasteiger charge is -1.98. The molecule has 3 aromatic heterocycles. The number of thiophene rings is 1. The Morgan fingerprint density at radius 2 is 2.00 bits per heavy atom. The number of hydrogen-bond acceptors (Lipinski definition) is 5. The molecule has 3 heterocycles. The number of aromatic amines is 1. The van der Waals surface area contributed by atoms with Crippen LogP contribution in [-0.4, -0.2) is 15.0 Å². The first-order valence-corrected chi connectivity index (χ1v) is 6.62. The molecule has 0 fully saturated rings. The van der Waals surface area contributed by atoms with E-state index in [0.29, 0.717) is 10.2 Å². The van der Waals surface area contributed by atoms with Crippen LogP contribution in [0.1, 0.15) is 16.3 Å². The van der Waals surface area contributed by atoms with Gasteiger partial charge in [-0.25, -0.2) is 9.97 Å². The van der Waals surface area contributed by atoms with Gasteiger partial charge in [0.05, 0.1) is 5.39 Å². The van der Waals surface area contributed by atoms with Crippen LogP contribution in [0.5, 0.6) is 0 Å². The molecule has 0 aliphatic rings. The summed E-state index contributed by atoms with van der Waals surface area (Å²) in [6.45, 7) is 3.64. The molecule has 0 unspecified atom stereocenters. The van der Waals surface area contributed by atoms with Crippen molar-refractivity contribution < 1.29 is 17.6 Å². The fourth-order valence-electron chi connectivity index (χ4n) is 1.89. The largest absolute Gasteiger partial charge is 0.468 e. The van der Waals surface area contributed by atoms with E-state index in [1.807, 2.05) is 6.92 Å². The number of nitrogens with one attached hydrogen (secondary N) is 1. The van der Waals surface area contributed by atoms with E-state index in [2.05, 4.69) is 19.4 Å². The van der Waals surface area contributed by atoms with Gasteiger partial charge < -0.3 is 9.40 Å². The Labute approximate surface area is 119 Å². The molecule has 9 heteroatoms. The van der Waals surface area contributed by atoms with Crippen LogP contribution in [0.3, 0.4) is 0 Å². The summed E-state index contributed by atoms with van der Waals surface area (Å²) in [7, 11) is 0. The number of H-pyrrole nitrogens is 1. The second kappa shape index (κ2) is 4.42. The maximum atomic E-state index is 12.5. The van der Waals surface area contributed by atoms with E-state index in [9.17, 15) is 18.0 Å². The van der Waals surface area contributed by atoms with Crippen LogP contribution >= 0.6 is 11.3 Å². The van der Waals surface area contributed by atoms with Gasteiger partial charge in [-0.3, -0.25) is 4.79 Å². The smallest absolute Gasteiger partial charge is 0.441 e. The summed E-state index contributed by atoms with van der Waals surface area (Å²) in [5.74, 6) is -1.42. The summed E-state index contributed by atoms with van der Waals surface area (Å²) >= 11 is 1.30. The Bertz CT molecular complexity index is 891. The van der Waals surface area contributed by atoms with Crippen LogP contribution in [0.25, 0.3) is 21.7 Å². The number of aromatic nitrogens is 3. The zero-order valence-electron chi connectivity index (χ0n) is 10.8. The Balaban J connectivity index is 2.18. The fourth-order valence-corrected chi connectivity index (χ4v) is 2.92. The van der Waals surface area contributed by atoms with Crippen LogP contribution in [0.2, 0.25) is 0 Å². The maximum absolute atomic E-state index is 12.5. The van der Waals surface area contributed by atoms with Crippen LogP contribution in [-0.2, 0) is 6.18 Å². The van der Waals surface area contributed by atoms with E-state index in [4.69, 9.17) is 0 Å². The number of oxazole rings is 1. The van der Waals surface area contributed by atoms with Crippen molar-refractivity contribution in [1.29, 1.82) is 0 Å². The normalized spacial score (nSPS) is 12.2. The molecule has 0 radical (unpaired) electrons. The lowest BCUT2D eigenvalue weighted by atomic mass is 10.2. The average Bonchev–Trinajstić information content (AvgIpc) is 2.95. The summed E-state index contributed by atoms with van der Waals surface area (Å²) in [5, 5.41) is 0.445. The van der Waals surface area contributed by atoms with Gasteiger partial charge in [0.1, 0.15) is 16.8 Å². The van der Waals surface area contributed by atoms with Crippen LogP contribution in [0.15, 0.2) is 15.5 Å². The molecule has 110 valence electrons. The predicted molar refractivity (Wildman–Crippen MR) is 70.2 cm³/mol. The molecule has 0 atom stereocenters. The third kappa shape index (κ3) is 2.23. The van der Waals surface area contributed by atoms with E-state index in [-0.39, 0.29) is 11.5 Å². The Hall–Kier alpha value is -2.16. The topological polar surface area (TPSA) is 71.8 Å². The highest BCUT2D eigenvalue weighted by molar-refractivity contribution is 7.18. The zero-order valence-corrected chi connectivity index (χ0v) is 11.6. The molecule has 1 N–H and O–H groups in total. The summed E-state index contributed by atoms with van der Waals surface area (Å²) in [6.07, 6.45) is -3.86. The second-order valence-corrected chi connectivity index (χ2v) is 5.62. The van der Waals surface area contributed by atoms with E-state index < -0.39 is 17.6 Å². The molecule has 0 saturated carbocycles. The van der Waals surface area contributed by atoms with Crippen molar-refractivity contribution in [2.45, 2.75) is 20.0 Å². The van der Waals surface area contributed by atoms with Gasteiger partial charge in [-0.05, 0) is 19.4 Å². The molecule has 0 aliphatic heterocycles. The molecular formula is C12H8F3N3O2S. The number of alkyl halides is 3. The third-order valence-electron chi connectivity index (χ3n) is 3.03. The van der Waals surface area contributed by atoms with E-state index >= 15 is 0 Å². The molecule has 21 heavy (non-hydrogen) atoms. The van der Waals surface area contributed by atoms with Gasteiger partial charge in [0, 0.05) is 4.88 Å². The molecule has 0 spiro atoms. The van der Waals surface area contributed by atoms with Gasteiger partial charge in [-0.2, -0.15) is 13.2 Å². The minimum atomic E-state index is -4.68. The number of nitrogens with zero attached hydrogens (tertiary/aromatic N) is 2. The first kappa shape index (κ1) is 13.8. The summed E-state index contributed by atoms with van der Waals surface area (Å²) in [4.78, 5) is 23.3. The van der Waals surface area contributed by atoms with Gasteiger partial charge in [0.15, 0.2) is 5.82 Å². The summed E-state index contributed by atoms with van der Waals surface area (Å²) in [5.41, 5.74) is 0.241. The van der Waals surface area contributed by atoms with E-state index in [0.717, 1.165) is 16.7 Å². The third-order valence-corrected chi connectivity index (χ3v) is 4.13. The average molecular weight is 315 g/mol. The molecule has 3 rings (SSSR count). The highest BCUT2D eigenvalue weighted by atomic mass is 32.1. The Morgan fingerprint density at radius 3 is 2.62 bits per heavy atom. The quantitative estimate of drug-likeness (QED) is 0.748. The number of rotatable bonds is 1. The molecule has 0 aromatic carbocycles. The van der Waals surface area contributed by atoms with Crippen molar-refractivity contribution in [2.75, 3.05) is 0 Å². The first-order chi connectivity index (χ1) is 9.77. The minimum Gasteiger partial charge on any atom is -0.441 e. The molecule has 5 nitrogen and oxygen atoms in total. The standard InChI is InChI=1S/C12H8F3N3O2S/c1-4-5(2)21-10-7(4)9(19)17-8(18-10)6-3-20-11(16-6)12(13,14)15/h3H,1-2H3,(H,17,18,19). The van der Waals surface area contributed by atoms with Crippen molar-refractivity contribution >= 4 is 21.6 Å². The predicted octanol–water partition coefficient (Wildman–Crippen LogP) is 3.28. The zero-order chi connectivity index (χ0) is 15.4. The van der Waals surface area contributed by atoms with Gasteiger partial charge in [0.25, 0.3) is 5.56 Å². The number of halogens is 3. The van der Waals surface area contributed by atoms with Gasteiger partial charge in [-0.1, -0.05) is 0 Å². The highest BCUT2D eigenvalue weighted by Crippen LogP contribution is 2.31. The minimum absolute atomic E-state index is 0.0481. The SMILES string of the molecule is Cc1sc2nc(-c3coc(C(F)(F)F)n3)[nH]c(=O)c2c1C. The number of aryl methyl sites for hydroxylation is 2. The van der Waals surface area contributed by atoms with Crippen molar-refractivity contribution in [1.82, 2.24) is 15.0 Å². The summed E-state index contributed by atoms with van der Waals surface area (Å²) in [6, 6.07) is 0. The van der Waals surface area contributed by atoms with Gasteiger partial charge >= 0.3 is 12.1 Å². The van der Waals surface area contributed by atoms with E-state index in [1.165, 1.54) is 11.3 Å². The molecular weight excluding hydrogens is 307 g/mol. The monoisotopic (exact) mass is 315 g/mol. The van der Waals surface area contributed by atoms with Crippen LogP contribution in [0.4, 0.5) is 13.2 Å². The second-order valence-electron chi connectivity index (χ2n) is 4.41. The number of fused-ring (bicyclic) bond motifs is 1. The Kier molecular flexibility index (Phi) is 2.90. The number of hydrogen-bond donors (Lipinski definition) is 1. The molecule has 0 bridgehead atoms. The first-order valence-electron chi connectivity index (χ1n) is 5.80. The molecule has 0 saturated heterocycles. The van der Waals surface area contributed by atoms with Crippen LogP contribution in [0, 0.1) is 13.8 Å². The van der Waals surface area contributed by atoms with E-state index in [1.54, 1.807) is 6.92 Å². The van der Waals surface area contributed by atoms with Crippen molar-refractivity contribution in [3.05, 3.63) is 32.9 Å². The van der Waals surface area contributed by atoms with Crippen molar-refractivity contribution in [2.24, 2.45) is 0 Å². The van der Waals surface area contributed by atoms with Gasteiger partial charge in [-0.15, -0.1) is 11.3 Å². The van der Waals surface area contributed by atoms with Gasteiger partial charge in [0.2, 0.25) is 0 Å². The summed E-state index contributed by atoms with van der Waals surface area (Å²) < 4.78 is 41.7. The fraction of sp³-hybridized carbons (Fsp3) is 0.250. The molecule has 3 aromatic rings. The molecule has 0 aliphatic carbocycles. The lowest BCUT2D eigenvalue weighted by Crippen LogP contribution is -2.10. The van der Waals surface area contributed by atoms with Crippen LogP contribution < -0.4 is 5.56 Å². The maximum Gasteiger partial charge on any atom is 0.468 e.